The highest BCUT2D eigenvalue weighted by Gasteiger charge is 2.18. The molecule has 0 bridgehead atoms. The number of pyridine rings is 1. The van der Waals surface area contributed by atoms with Gasteiger partial charge >= 0.3 is 0 Å². The first kappa shape index (κ1) is 22.6. The fourth-order valence-electron chi connectivity index (χ4n) is 3.42. The minimum atomic E-state index is 0.160. The van der Waals surface area contributed by atoms with Gasteiger partial charge in [-0.15, -0.1) is 0 Å². The van der Waals surface area contributed by atoms with E-state index >= 15 is 0 Å². The molecule has 1 heterocycles. The molecule has 0 spiro atoms. The zero-order valence-electron chi connectivity index (χ0n) is 17.2. The highest BCUT2D eigenvalue weighted by molar-refractivity contribution is 6.31. The molecule has 0 saturated carbocycles. The molecular formula is C22H33ClN4O. The maximum absolute atomic E-state index is 13.1. The zero-order valence-corrected chi connectivity index (χ0v) is 17.9. The lowest BCUT2D eigenvalue weighted by molar-refractivity contribution is -0.118. The van der Waals surface area contributed by atoms with Gasteiger partial charge in [-0.1, -0.05) is 38.3 Å². The van der Waals surface area contributed by atoms with E-state index in [1.54, 1.807) is 6.20 Å². The second-order valence-corrected chi connectivity index (χ2v) is 7.45. The van der Waals surface area contributed by atoms with Crippen LogP contribution in [0.25, 0.3) is 10.9 Å². The van der Waals surface area contributed by atoms with Crippen LogP contribution in [0.15, 0.2) is 30.5 Å². The van der Waals surface area contributed by atoms with Gasteiger partial charge in [0.15, 0.2) is 0 Å². The van der Waals surface area contributed by atoms with Crippen LogP contribution in [0.4, 0.5) is 5.69 Å². The summed E-state index contributed by atoms with van der Waals surface area (Å²) in [4.78, 5) is 21.8. The maximum Gasteiger partial charge on any atom is 0.228 e. The van der Waals surface area contributed by atoms with E-state index in [9.17, 15) is 4.79 Å². The lowest BCUT2D eigenvalue weighted by Crippen LogP contribution is -2.35. The van der Waals surface area contributed by atoms with E-state index in [-0.39, 0.29) is 5.91 Å². The van der Waals surface area contributed by atoms with Gasteiger partial charge in [0.25, 0.3) is 0 Å². The van der Waals surface area contributed by atoms with Crippen molar-refractivity contribution in [1.29, 1.82) is 0 Å². The van der Waals surface area contributed by atoms with E-state index in [1.165, 1.54) is 0 Å². The fourth-order valence-corrected chi connectivity index (χ4v) is 3.58. The first-order valence-corrected chi connectivity index (χ1v) is 10.8. The summed E-state index contributed by atoms with van der Waals surface area (Å²) in [6.45, 7) is 8.39. The molecule has 154 valence electrons. The van der Waals surface area contributed by atoms with Crippen molar-refractivity contribution in [1.82, 2.24) is 9.88 Å². The van der Waals surface area contributed by atoms with Gasteiger partial charge in [-0.05, 0) is 56.7 Å². The number of fused-ring (bicyclic) bond motifs is 1. The highest BCUT2D eigenvalue weighted by Crippen LogP contribution is 2.28. The molecular weight excluding hydrogens is 372 g/mol. The van der Waals surface area contributed by atoms with Crippen molar-refractivity contribution in [2.24, 2.45) is 5.73 Å². The minimum Gasteiger partial charge on any atom is -0.330 e. The molecule has 0 aliphatic carbocycles. The average Bonchev–Trinajstić information content (AvgIpc) is 2.70. The van der Waals surface area contributed by atoms with Gasteiger partial charge in [0.1, 0.15) is 0 Å². The third-order valence-corrected chi connectivity index (χ3v) is 5.38. The molecule has 0 aliphatic heterocycles. The topological polar surface area (TPSA) is 62.5 Å². The van der Waals surface area contributed by atoms with Gasteiger partial charge in [-0.25, -0.2) is 0 Å². The summed E-state index contributed by atoms with van der Waals surface area (Å²) < 4.78 is 0. The molecule has 0 unspecified atom stereocenters. The number of hydrogen-bond acceptors (Lipinski definition) is 4. The van der Waals surface area contributed by atoms with Crippen molar-refractivity contribution in [3.63, 3.8) is 0 Å². The lowest BCUT2D eigenvalue weighted by Gasteiger charge is -2.26. The number of rotatable bonds is 12. The Morgan fingerprint density at radius 3 is 2.54 bits per heavy atom. The number of carbonyl (C=O) groups is 1. The number of unbranched alkanes of at least 4 members (excludes halogenated alkanes) is 3. The van der Waals surface area contributed by atoms with Crippen LogP contribution >= 0.6 is 11.6 Å². The number of carbonyl (C=O) groups excluding carboxylic acids is 1. The van der Waals surface area contributed by atoms with Gasteiger partial charge in [0.05, 0.1) is 11.2 Å². The molecule has 2 aromatic rings. The SMILES string of the molecule is CCN(CC)CCC(=O)N(CCCCCCN)c1ccnc2cc(Cl)ccc12. The number of nitrogens with zero attached hydrogens (tertiary/aromatic N) is 3. The Morgan fingerprint density at radius 2 is 1.82 bits per heavy atom. The largest absolute Gasteiger partial charge is 0.330 e. The molecule has 0 saturated heterocycles. The monoisotopic (exact) mass is 404 g/mol. The molecule has 6 heteroatoms. The van der Waals surface area contributed by atoms with Crippen molar-refractivity contribution < 1.29 is 4.79 Å². The normalized spacial score (nSPS) is 11.3. The quantitative estimate of drug-likeness (QED) is 0.530. The first-order valence-electron chi connectivity index (χ1n) is 10.4. The first-order chi connectivity index (χ1) is 13.6. The van der Waals surface area contributed by atoms with Crippen LogP contribution in [0, 0.1) is 0 Å². The Balaban J connectivity index is 2.21. The van der Waals surface area contributed by atoms with E-state index in [1.807, 2.05) is 29.2 Å². The molecule has 0 aliphatic rings. The predicted octanol–water partition coefficient (Wildman–Crippen LogP) is 4.47. The summed E-state index contributed by atoms with van der Waals surface area (Å²) in [7, 11) is 0. The third kappa shape index (κ3) is 6.43. The number of anilines is 1. The number of amides is 1. The van der Waals surface area contributed by atoms with Gasteiger partial charge in [-0.2, -0.15) is 0 Å². The Bertz CT molecular complexity index is 748. The Labute approximate surface area is 173 Å². The molecule has 0 fully saturated rings. The standard InChI is InChI=1S/C22H33ClN4O/c1-3-26(4-2)16-12-22(28)27(15-8-6-5-7-13-24)21-11-14-25-20-17-18(23)9-10-19(20)21/h9-11,14,17H,3-8,12-13,15-16,24H2,1-2H3. The van der Waals surface area contributed by atoms with Gasteiger partial charge in [0, 0.05) is 36.1 Å². The maximum atomic E-state index is 13.1. The van der Waals surface area contributed by atoms with Crippen LogP contribution < -0.4 is 10.6 Å². The highest BCUT2D eigenvalue weighted by atomic mass is 35.5. The zero-order chi connectivity index (χ0) is 20.4. The van der Waals surface area contributed by atoms with Gasteiger partial charge < -0.3 is 15.5 Å². The molecule has 0 atom stereocenters. The molecule has 2 rings (SSSR count). The van der Waals surface area contributed by atoms with Gasteiger partial charge in [-0.3, -0.25) is 9.78 Å². The van der Waals surface area contributed by atoms with E-state index < -0.39 is 0 Å². The number of aromatic nitrogens is 1. The van der Waals surface area contributed by atoms with Crippen molar-refractivity contribution >= 4 is 34.1 Å². The summed E-state index contributed by atoms with van der Waals surface area (Å²) in [5, 5.41) is 1.61. The molecule has 5 nitrogen and oxygen atoms in total. The van der Waals surface area contributed by atoms with Crippen LogP contribution in [-0.2, 0) is 4.79 Å². The Kier molecular flexibility index (Phi) is 9.68. The molecule has 1 amide bonds. The van der Waals surface area contributed by atoms with E-state index in [0.717, 1.165) is 68.5 Å². The van der Waals surface area contributed by atoms with Crippen molar-refractivity contribution in [2.45, 2.75) is 46.0 Å². The fraction of sp³-hybridized carbons (Fsp3) is 0.545. The second kappa shape index (κ2) is 12.0. The average molecular weight is 405 g/mol. The Morgan fingerprint density at radius 1 is 1.07 bits per heavy atom. The minimum absolute atomic E-state index is 0.160. The number of hydrogen-bond donors (Lipinski definition) is 1. The van der Waals surface area contributed by atoms with Crippen molar-refractivity contribution in [3.8, 4) is 0 Å². The molecule has 28 heavy (non-hydrogen) atoms. The number of benzene rings is 1. The summed E-state index contributed by atoms with van der Waals surface area (Å²) in [6.07, 6.45) is 6.45. The predicted molar refractivity (Wildman–Crippen MR) is 119 cm³/mol. The summed E-state index contributed by atoms with van der Waals surface area (Å²) in [6, 6.07) is 7.60. The molecule has 1 aromatic heterocycles. The van der Waals surface area contributed by atoms with E-state index in [2.05, 4.69) is 23.7 Å². The number of nitrogens with two attached hydrogens (primary N) is 1. The van der Waals surface area contributed by atoms with E-state index in [4.69, 9.17) is 17.3 Å². The molecule has 2 N–H and O–H groups in total. The van der Waals surface area contributed by atoms with Crippen molar-refractivity contribution in [3.05, 3.63) is 35.5 Å². The number of halogens is 1. The van der Waals surface area contributed by atoms with Crippen LogP contribution in [0.2, 0.25) is 5.02 Å². The van der Waals surface area contributed by atoms with Gasteiger partial charge in [0.2, 0.25) is 5.91 Å². The smallest absolute Gasteiger partial charge is 0.228 e. The van der Waals surface area contributed by atoms with Crippen LogP contribution in [0.5, 0.6) is 0 Å². The lowest BCUT2D eigenvalue weighted by atomic mass is 10.1. The van der Waals surface area contributed by atoms with Crippen LogP contribution in [-0.4, -0.2) is 48.5 Å². The van der Waals surface area contributed by atoms with E-state index in [0.29, 0.717) is 18.0 Å². The molecule has 1 aromatic carbocycles. The van der Waals surface area contributed by atoms with Crippen molar-refractivity contribution in [2.75, 3.05) is 37.6 Å². The molecule has 0 radical (unpaired) electrons. The Hall–Kier alpha value is -1.69. The summed E-state index contributed by atoms with van der Waals surface area (Å²) in [5.41, 5.74) is 7.33. The summed E-state index contributed by atoms with van der Waals surface area (Å²) in [5.74, 6) is 0.160. The van der Waals surface area contributed by atoms with Crippen LogP contribution in [0.1, 0.15) is 46.0 Å². The van der Waals surface area contributed by atoms with Crippen LogP contribution in [0.3, 0.4) is 0 Å². The summed E-state index contributed by atoms with van der Waals surface area (Å²) >= 11 is 6.13. The second-order valence-electron chi connectivity index (χ2n) is 7.02. The third-order valence-electron chi connectivity index (χ3n) is 5.15.